The summed E-state index contributed by atoms with van der Waals surface area (Å²) in [5.41, 5.74) is 0.435. The van der Waals surface area contributed by atoms with Crippen molar-refractivity contribution in [1.29, 1.82) is 0 Å². The molecule has 0 radical (unpaired) electrons. The van der Waals surface area contributed by atoms with E-state index in [-0.39, 0.29) is 4.90 Å². The topological polar surface area (TPSA) is 54.4 Å². The van der Waals surface area contributed by atoms with E-state index < -0.39 is 10.1 Å². The lowest BCUT2D eigenvalue weighted by Crippen LogP contribution is -2.00. The molecule has 0 heterocycles. The zero-order valence-corrected chi connectivity index (χ0v) is 13.4. The largest absolute Gasteiger partial charge is 0.294 e. The summed E-state index contributed by atoms with van der Waals surface area (Å²) in [7, 11) is -4.11. The second-order valence-corrected chi connectivity index (χ2v) is 6.27. The molecule has 1 aromatic rings. The quantitative estimate of drug-likeness (QED) is 0.623. The van der Waals surface area contributed by atoms with Gasteiger partial charge in [0.05, 0.1) is 4.90 Å². The van der Waals surface area contributed by atoms with Crippen LogP contribution in [0.15, 0.2) is 23.1 Å². The Kier molecular flexibility index (Phi) is 9.06. The fourth-order valence-corrected chi connectivity index (χ4v) is 2.51. The molecule has 19 heavy (non-hydrogen) atoms. The smallest absolute Gasteiger partial charge is 0.282 e. The molecule has 0 aromatic heterocycles. The van der Waals surface area contributed by atoms with E-state index in [9.17, 15) is 8.42 Å². The number of rotatable bonds is 5. The summed E-state index contributed by atoms with van der Waals surface area (Å²) >= 11 is 5.59. The zero-order chi connectivity index (χ0) is 14.9. The Morgan fingerprint density at radius 3 is 2.00 bits per heavy atom. The van der Waals surface area contributed by atoms with Crippen LogP contribution in [-0.4, -0.2) is 13.0 Å². The lowest BCUT2D eigenvalue weighted by atomic mass is 10.2. The van der Waals surface area contributed by atoms with Gasteiger partial charge in [0, 0.05) is 5.02 Å². The van der Waals surface area contributed by atoms with Crippen LogP contribution in [0.25, 0.3) is 0 Å². The van der Waals surface area contributed by atoms with E-state index in [0.717, 1.165) is 0 Å². The van der Waals surface area contributed by atoms with Crippen LogP contribution >= 0.6 is 11.6 Å². The summed E-state index contributed by atoms with van der Waals surface area (Å²) in [4.78, 5) is -0.105. The number of hydrogen-bond donors (Lipinski definition) is 1. The Balaban J connectivity index is 0.000000399. The molecular formula is C14H23ClO3S. The highest BCUT2D eigenvalue weighted by Gasteiger charge is 2.12. The average Bonchev–Trinajstić information content (AvgIpc) is 2.28. The number of hydrogen-bond acceptors (Lipinski definition) is 2. The van der Waals surface area contributed by atoms with Gasteiger partial charge in [-0.2, -0.15) is 8.42 Å². The van der Waals surface area contributed by atoms with Gasteiger partial charge < -0.3 is 0 Å². The van der Waals surface area contributed by atoms with Crippen LogP contribution < -0.4 is 0 Å². The van der Waals surface area contributed by atoms with Crippen molar-refractivity contribution in [3.63, 3.8) is 0 Å². The Morgan fingerprint density at radius 2 is 1.63 bits per heavy atom. The van der Waals surface area contributed by atoms with E-state index >= 15 is 0 Å². The molecule has 0 aliphatic heterocycles. The van der Waals surface area contributed by atoms with E-state index in [1.807, 2.05) is 0 Å². The van der Waals surface area contributed by atoms with Crippen molar-refractivity contribution in [3.8, 4) is 0 Å². The van der Waals surface area contributed by atoms with Crippen molar-refractivity contribution in [3.05, 3.63) is 28.8 Å². The van der Waals surface area contributed by atoms with Gasteiger partial charge in [-0.05, 0) is 30.7 Å². The Labute approximate surface area is 121 Å². The van der Waals surface area contributed by atoms with Gasteiger partial charge in [-0.3, -0.25) is 4.55 Å². The molecule has 0 aliphatic carbocycles. The van der Waals surface area contributed by atoms with Crippen molar-refractivity contribution < 1.29 is 13.0 Å². The van der Waals surface area contributed by atoms with Crippen molar-refractivity contribution in [2.75, 3.05) is 0 Å². The van der Waals surface area contributed by atoms with Crippen molar-refractivity contribution in [1.82, 2.24) is 0 Å². The maximum atomic E-state index is 10.7. The maximum absolute atomic E-state index is 10.7. The molecule has 1 aromatic carbocycles. The van der Waals surface area contributed by atoms with Crippen LogP contribution in [0.2, 0.25) is 5.02 Å². The molecule has 0 fully saturated rings. The average molecular weight is 307 g/mol. The molecule has 0 saturated heterocycles. The summed E-state index contributed by atoms with van der Waals surface area (Å²) in [6.07, 6.45) is 7.01. The van der Waals surface area contributed by atoms with E-state index in [4.69, 9.17) is 16.2 Å². The predicted octanol–water partition coefficient (Wildman–Crippen LogP) is 4.87. The standard InChI is InChI=1S/C7H7ClO3S.C7H16/c1-5-4-6(8)2-3-7(5)12(9,10)11;1-3-5-7-6-4-2/h2-4H,1H3,(H,9,10,11);3-7H2,1-2H3. The van der Waals surface area contributed by atoms with E-state index in [0.29, 0.717) is 10.6 Å². The van der Waals surface area contributed by atoms with Crippen molar-refractivity contribution in [2.24, 2.45) is 0 Å². The Bertz CT molecular complexity index is 466. The summed E-state index contributed by atoms with van der Waals surface area (Å²) in [5.74, 6) is 0. The maximum Gasteiger partial charge on any atom is 0.294 e. The molecule has 0 amide bonds. The third kappa shape index (κ3) is 8.24. The van der Waals surface area contributed by atoms with Gasteiger partial charge in [0.15, 0.2) is 0 Å². The third-order valence-corrected chi connectivity index (χ3v) is 3.87. The molecular weight excluding hydrogens is 284 g/mol. The first kappa shape index (κ1) is 18.4. The lowest BCUT2D eigenvalue weighted by Gasteiger charge is -2.01. The first-order valence-corrected chi connectivity index (χ1v) is 8.38. The molecule has 1 N–H and O–H groups in total. The van der Waals surface area contributed by atoms with Crippen LogP contribution in [0.4, 0.5) is 0 Å². The summed E-state index contributed by atoms with van der Waals surface area (Å²) in [6.45, 7) is 6.06. The fourth-order valence-electron chi connectivity index (χ4n) is 1.58. The minimum Gasteiger partial charge on any atom is -0.282 e. The number of aryl methyl sites for hydroxylation is 1. The van der Waals surface area contributed by atoms with Crippen LogP contribution in [0.5, 0.6) is 0 Å². The van der Waals surface area contributed by atoms with Gasteiger partial charge in [0.1, 0.15) is 0 Å². The van der Waals surface area contributed by atoms with Gasteiger partial charge in [-0.1, -0.05) is 57.6 Å². The van der Waals surface area contributed by atoms with Crippen molar-refractivity contribution >= 4 is 21.7 Å². The predicted molar refractivity (Wildman–Crippen MR) is 80.4 cm³/mol. The first-order chi connectivity index (χ1) is 8.82. The first-order valence-electron chi connectivity index (χ1n) is 6.56. The van der Waals surface area contributed by atoms with Crippen LogP contribution in [-0.2, 0) is 10.1 Å². The van der Waals surface area contributed by atoms with Gasteiger partial charge in [-0.25, -0.2) is 0 Å². The molecule has 0 spiro atoms. The summed E-state index contributed by atoms with van der Waals surface area (Å²) in [5, 5.41) is 0.444. The van der Waals surface area contributed by atoms with E-state index in [2.05, 4.69) is 13.8 Å². The van der Waals surface area contributed by atoms with E-state index in [1.54, 1.807) is 6.92 Å². The second-order valence-electron chi connectivity index (χ2n) is 4.45. The minimum absolute atomic E-state index is 0.105. The van der Waals surface area contributed by atoms with Crippen LogP contribution in [0, 0.1) is 6.92 Å². The summed E-state index contributed by atoms with van der Waals surface area (Å²) < 4.78 is 30.0. The number of halogens is 1. The molecule has 0 bridgehead atoms. The van der Waals surface area contributed by atoms with Gasteiger partial charge in [0.25, 0.3) is 10.1 Å². The highest BCUT2D eigenvalue weighted by Crippen LogP contribution is 2.18. The fraction of sp³-hybridized carbons (Fsp3) is 0.571. The lowest BCUT2D eigenvalue weighted by molar-refractivity contribution is 0.482. The molecule has 5 heteroatoms. The van der Waals surface area contributed by atoms with Gasteiger partial charge >= 0.3 is 0 Å². The van der Waals surface area contributed by atoms with E-state index in [1.165, 1.54) is 50.3 Å². The highest BCUT2D eigenvalue weighted by molar-refractivity contribution is 7.85. The monoisotopic (exact) mass is 306 g/mol. The van der Waals surface area contributed by atoms with Gasteiger partial charge in [-0.15, -0.1) is 0 Å². The highest BCUT2D eigenvalue weighted by atomic mass is 35.5. The van der Waals surface area contributed by atoms with Crippen LogP contribution in [0.1, 0.15) is 51.5 Å². The minimum atomic E-state index is -4.11. The van der Waals surface area contributed by atoms with Crippen molar-refractivity contribution in [2.45, 2.75) is 57.8 Å². The van der Waals surface area contributed by atoms with Crippen LogP contribution in [0.3, 0.4) is 0 Å². The Morgan fingerprint density at radius 1 is 1.11 bits per heavy atom. The number of benzene rings is 1. The Hall–Kier alpha value is -0.580. The molecule has 0 atom stereocenters. The summed E-state index contributed by atoms with van der Waals surface area (Å²) in [6, 6.07) is 4.16. The normalized spacial score (nSPS) is 10.8. The zero-order valence-electron chi connectivity index (χ0n) is 11.8. The molecule has 0 aliphatic rings. The van der Waals surface area contributed by atoms with Gasteiger partial charge in [0.2, 0.25) is 0 Å². The molecule has 1 rings (SSSR count). The molecule has 0 unspecified atom stereocenters. The molecule has 110 valence electrons. The number of unbranched alkanes of at least 4 members (excludes halogenated alkanes) is 4. The SMILES string of the molecule is CCCCCCC.Cc1cc(Cl)ccc1S(=O)(=O)O. The third-order valence-electron chi connectivity index (χ3n) is 2.62. The molecule has 3 nitrogen and oxygen atoms in total. The second kappa shape index (κ2) is 9.34. The molecule has 0 saturated carbocycles.